The Hall–Kier alpha value is -1.85. The van der Waals surface area contributed by atoms with Crippen molar-refractivity contribution in [1.82, 2.24) is 15.1 Å². The Kier molecular flexibility index (Phi) is 3.47. The molecular formula is C15H21N3O3. The van der Waals surface area contributed by atoms with Gasteiger partial charge in [-0.1, -0.05) is 19.3 Å². The van der Waals surface area contributed by atoms with Gasteiger partial charge < -0.3 is 10.0 Å². The number of nitrogens with one attached hydrogen (secondary N) is 1. The Bertz CT molecular complexity index is 556. The standard InChI is InChI=1S/C15H21N3O3/c1-18(15(14(20)21)7-3-2-4-8-15)13(19)12-9-11(16-17-12)10-5-6-10/h9-10H,2-8H2,1H3,(H,16,17)(H,20,21). The number of nitrogens with zero attached hydrogens (tertiary/aromatic N) is 2. The van der Waals surface area contributed by atoms with Crippen LogP contribution in [0, 0.1) is 0 Å². The minimum Gasteiger partial charge on any atom is -0.479 e. The Morgan fingerprint density at radius 3 is 2.57 bits per heavy atom. The molecule has 0 radical (unpaired) electrons. The maximum atomic E-state index is 12.6. The maximum Gasteiger partial charge on any atom is 0.329 e. The van der Waals surface area contributed by atoms with Crippen LogP contribution in [0.25, 0.3) is 0 Å². The Labute approximate surface area is 123 Å². The molecule has 0 aliphatic heterocycles. The predicted octanol–water partition coefficient (Wildman–Crippen LogP) is 2.15. The molecule has 2 aliphatic carbocycles. The molecule has 0 aromatic carbocycles. The minimum atomic E-state index is -1.08. The average Bonchev–Trinajstić information content (AvgIpc) is 3.23. The monoisotopic (exact) mass is 291 g/mol. The first-order chi connectivity index (χ1) is 10.0. The lowest BCUT2D eigenvalue weighted by molar-refractivity contribution is -0.151. The van der Waals surface area contributed by atoms with Crippen LogP contribution in [-0.2, 0) is 4.79 Å². The number of H-pyrrole nitrogens is 1. The highest BCUT2D eigenvalue weighted by Crippen LogP contribution is 2.39. The summed E-state index contributed by atoms with van der Waals surface area (Å²) in [6, 6.07) is 1.77. The molecule has 0 saturated heterocycles. The summed E-state index contributed by atoms with van der Waals surface area (Å²) >= 11 is 0. The molecule has 1 aromatic rings. The number of hydrogen-bond acceptors (Lipinski definition) is 3. The van der Waals surface area contributed by atoms with Crippen molar-refractivity contribution in [2.24, 2.45) is 0 Å². The normalized spacial score (nSPS) is 21.0. The molecule has 0 unspecified atom stereocenters. The Morgan fingerprint density at radius 2 is 2.00 bits per heavy atom. The zero-order valence-electron chi connectivity index (χ0n) is 12.3. The van der Waals surface area contributed by atoms with Gasteiger partial charge in [-0.05, 0) is 31.7 Å². The number of carbonyl (C=O) groups is 2. The molecule has 1 amide bonds. The maximum absolute atomic E-state index is 12.6. The SMILES string of the molecule is CN(C(=O)c1cc(C2CC2)[nH]n1)C1(C(=O)O)CCCCC1. The third-order valence-electron chi connectivity index (χ3n) is 4.86. The third-order valence-corrected chi connectivity index (χ3v) is 4.86. The van der Waals surface area contributed by atoms with E-state index in [1.54, 1.807) is 13.1 Å². The van der Waals surface area contributed by atoms with Crippen LogP contribution in [0.4, 0.5) is 0 Å². The summed E-state index contributed by atoms with van der Waals surface area (Å²) in [5.41, 5.74) is 0.235. The van der Waals surface area contributed by atoms with Crippen molar-refractivity contribution in [2.75, 3.05) is 7.05 Å². The number of carboxylic acid groups (broad SMARTS) is 1. The van der Waals surface area contributed by atoms with E-state index in [4.69, 9.17) is 0 Å². The first-order valence-corrected chi connectivity index (χ1v) is 7.61. The molecule has 1 heterocycles. The molecule has 2 fully saturated rings. The quantitative estimate of drug-likeness (QED) is 0.890. The fourth-order valence-electron chi connectivity index (χ4n) is 3.25. The smallest absolute Gasteiger partial charge is 0.329 e. The molecule has 6 heteroatoms. The number of aromatic amines is 1. The topological polar surface area (TPSA) is 86.3 Å². The van der Waals surface area contributed by atoms with Gasteiger partial charge in [0.15, 0.2) is 0 Å². The van der Waals surface area contributed by atoms with E-state index in [1.807, 2.05) is 0 Å². The molecule has 2 saturated carbocycles. The molecule has 0 atom stereocenters. The molecule has 2 aliphatic rings. The van der Waals surface area contributed by atoms with E-state index in [-0.39, 0.29) is 5.91 Å². The van der Waals surface area contributed by atoms with Crippen molar-refractivity contribution >= 4 is 11.9 Å². The van der Waals surface area contributed by atoms with Crippen molar-refractivity contribution in [1.29, 1.82) is 0 Å². The number of amides is 1. The van der Waals surface area contributed by atoms with Crippen LogP contribution in [0.5, 0.6) is 0 Å². The first-order valence-electron chi connectivity index (χ1n) is 7.61. The summed E-state index contributed by atoms with van der Waals surface area (Å²) in [6.07, 6.45) is 6.02. The fraction of sp³-hybridized carbons (Fsp3) is 0.667. The molecule has 0 spiro atoms. The fourth-order valence-corrected chi connectivity index (χ4v) is 3.25. The summed E-state index contributed by atoms with van der Waals surface area (Å²) in [7, 11) is 1.59. The third kappa shape index (κ3) is 2.43. The minimum absolute atomic E-state index is 0.303. The number of rotatable bonds is 4. The van der Waals surface area contributed by atoms with Gasteiger partial charge >= 0.3 is 5.97 Å². The van der Waals surface area contributed by atoms with Crippen molar-refractivity contribution in [3.63, 3.8) is 0 Å². The molecule has 1 aromatic heterocycles. The molecular weight excluding hydrogens is 270 g/mol. The van der Waals surface area contributed by atoms with Crippen LogP contribution in [-0.4, -0.2) is 44.7 Å². The molecule has 6 nitrogen and oxygen atoms in total. The van der Waals surface area contributed by atoms with Gasteiger partial charge in [0.05, 0.1) is 0 Å². The second-order valence-electron chi connectivity index (χ2n) is 6.24. The second-order valence-corrected chi connectivity index (χ2v) is 6.24. The van der Waals surface area contributed by atoms with Gasteiger partial charge in [-0.3, -0.25) is 9.89 Å². The van der Waals surface area contributed by atoms with Crippen molar-refractivity contribution in [2.45, 2.75) is 56.4 Å². The van der Waals surface area contributed by atoms with Gasteiger partial charge in [0.2, 0.25) is 0 Å². The second kappa shape index (κ2) is 5.16. The zero-order valence-corrected chi connectivity index (χ0v) is 12.3. The average molecular weight is 291 g/mol. The van der Waals surface area contributed by atoms with Gasteiger partial charge in [0.1, 0.15) is 11.2 Å². The van der Waals surface area contributed by atoms with E-state index in [1.165, 1.54) is 4.90 Å². The molecule has 21 heavy (non-hydrogen) atoms. The lowest BCUT2D eigenvalue weighted by Crippen LogP contribution is -2.56. The Morgan fingerprint density at radius 1 is 1.33 bits per heavy atom. The van der Waals surface area contributed by atoms with Crippen LogP contribution in [0.2, 0.25) is 0 Å². The summed E-state index contributed by atoms with van der Waals surface area (Å²) in [6.45, 7) is 0. The van der Waals surface area contributed by atoms with Crippen LogP contribution < -0.4 is 0 Å². The molecule has 2 N–H and O–H groups in total. The van der Waals surface area contributed by atoms with Gasteiger partial charge in [-0.15, -0.1) is 0 Å². The lowest BCUT2D eigenvalue weighted by atomic mass is 9.80. The largest absolute Gasteiger partial charge is 0.479 e. The Balaban J connectivity index is 1.82. The highest BCUT2D eigenvalue weighted by atomic mass is 16.4. The van der Waals surface area contributed by atoms with Crippen LogP contribution in [0.15, 0.2) is 6.07 Å². The number of likely N-dealkylation sites (N-methyl/N-ethyl adjacent to an activating group) is 1. The van der Waals surface area contributed by atoms with Crippen molar-refractivity contribution in [3.8, 4) is 0 Å². The zero-order chi connectivity index (χ0) is 15.0. The van der Waals surface area contributed by atoms with E-state index >= 15 is 0 Å². The number of carbonyl (C=O) groups excluding carboxylic acids is 1. The predicted molar refractivity (Wildman–Crippen MR) is 76.1 cm³/mol. The van der Waals surface area contributed by atoms with Crippen molar-refractivity contribution < 1.29 is 14.7 Å². The molecule has 114 valence electrons. The van der Waals surface area contributed by atoms with E-state index in [0.717, 1.165) is 37.8 Å². The van der Waals surface area contributed by atoms with Gasteiger partial charge in [-0.2, -0.15) is 5.10 Å². The van der Waals surface area contributed by atoms with E-state index in [9.17, 15) is 14.7 Å². The van der Waals surface area contributed by atoms with Crippen LogP contribution in [0.1, 0.15) is 67.0 Å². The lowest BCUT2D eigenvalue weighted by Gasteiger charge is -2.40. The number of aliphatic carboxylic acids is 1. The van der Waals surface area contributed by atoms with Crippen LogP contribution in [0.3, 0.4) is 0 Å². The summed E-state index contributed by atoms with van der Waals surface area (Å²) in [4.78, 5) is 25.7. The van der Waals surface area contributed by atoms with Gasteiger partial charge in [0.25, 0.3) is 5.91 Å². The summed E-state index contributed by atoms with van der Waals surface area (Å²) < 4.78 is 0. The number of aromatic nitrogens is 2. The first kappa shape index (κ1) is 14.1. The van der Waals surface area contributed by atoms with Gasteiger partial charge in [-0.25, -0.2) is 4.79 Å². The van der Waals surface area contributed by atoms with Crippen LogP contribution >= 0.6 is 0 Å². The highest BCUT2D eigenvalue weighted by Gasteiger charge is 2.46. The van der Waals surface area contributed by atoms with E-state index in [0.29, 0.717) is 24.5 Å². The number of hydrogen-bond donors (Lipinski definition) is 2. The molecule has 3 rings (SSSR count). The highest BCUT2D eigenvalue weighted by molar-refractivity contribution is 5.96. The summed E-state index contributed by atoms with van der Waals surface area (Å²) in [5, 5.41) is 16.6. The summed E-state index contributed by atoms with van der Waals surface area (Å²) in [5.74, 6) is -0.717. The van der Waals surface area contributed by atoms with E-state index < -0.39 is 11.5 Å². The van der Waals surface area contributed by atoms with Gasteiger partial charge in [0, 0.05) is 18.7 Å². The van der Waals surface area contributed by atoms with E-state index in [2.05, 4.69) is 10.2 Å². The number of carboxylic acids is 1. The van der Waals surface area contributed by atoms with Crippen molar-refractivity contribution in [3.05, 3.63) is 17.5 Å². The molecule has 0 bridgehead atoms.